The Bertz CT molecular complexity index is 1120. The Labute approximate surface area is 204 Å². The molecule has 3 aliphatic rings. The van der Waals surface area contributed by atoms with Gasteiger partial charge in [0.05, 0.1) is 19.0 Å². The summed E-state index contributed by atoms with van der Waals surface area (Å²) < 4.78 is 19.4. The predicted molar refractivity (Wildman–Crippen MR) is 127 cm³/mol. The van der Waals surface area contributed by atoms with Crippen molar-refractivity contribution in [2.45, 2.75) is 63.1 Å². The molecule has 2 aromatic rings. The maximum Gasteiger partial charge on any atom is 0.272 e. The molecule has 0 aromatic carbocycles. The second-order valence-electron chi connectivity index (χ2n) is 10.3. The van der Waals surface area contributed by atoms with Crippen LogP contribution in [-0.2, 0) is 4.79 Å². The zero-order chi connectivity index (χ0) is 24.7. The van der Waals surface area contributed by atoms with E-state index < -0.39 is 5.82 Å². The molecule has 35 heavy (non-hydrogen) atoms. The van der Waals surface area contributed by atoms with Crippen molar-refractivity contribution in [2.75, 3.05) is 27.2 Å². The van der Waals surface area contributed by atoms with Gasteiger partial charge in [0.1, 0.15) is 5.69 Å². The molecule has 1 unspecified atom stereocenters. The van der Waals surface area contributed by atoms with E-state index in [0.717, 1.165) is 38.4 Å². The standard InChI is InChI=1S/C25H33FN6O3/c1-15-4-5-17(14-31(15)2)28-23(33)16-6-9-32(25(12-16)7-8-25)24(34)21-11-20(29-30-21)18-10-22(35-3)27-13-19(18)26/h10-11,13,15-17H,4-9,12,14H2,1-3H3,(H,28,33)(H,29,30)/t15-,16?,17+/m0/s1. The van der Waals surface area contributed by atoms with Crippen LogP contribution in [0.2, 0.25) is 0 Å². The van der Waals surface area contributed by atoms with Gasteiger partial charge in [0.25, 0.3) is 5.91 Å². The number of piperidine rings is 2. The highest BCUT2D eigenvalue weighted by Gasteiger charge is 2.54. The molecule has 2 amide bonds. The SMILES string of the molecule is COc1cc(-c2cc(C(=O)N3CCC(C(=O)N[C@@H]4CC[C@H](C)N(C)C4)CC34CC4)[nH]n2)c(F)cn1. The van der Waals surface area contributed by atoms with Crippen LogP contribution in [0.15, 0.2) is 18.3 Å². The van der Waals surface area contributed by atoms with Crippen LogP contribution in [0.25, 0.3) is 11.3 Å². The number of methoxy groups -OCH3 is 1. The quantitative estimate of drug-likeness (QED) is 0.676. The Balaban J connectivity index is 1.24. The lowest BCUT2D eigenvalue weighted by molar-refractivity contribution is -0.128. The average Bonchev–Trinajstić information content (AvgIpc) is 3.42. The number of aromatic nitrogens is 3. The first-order valence-electron chi connectivity index (χ1n) is 12.4. The Morgan fingerprint density at radius 3 is 2.77 bits per heavy atom. The fraction of sp³-hybridized carbons (Fsp3) is 0.600. The molecule has 2 saturated heterocycles. The van der Waals surface area contributed by atoms with E-state index in [-0.39, 0.29) is 40.8 Å². The number of likely N-dealkylation sites (N-methyl/N-ethyl adjacent to an activating group) is 1. The highest BCUT2D eigenvalue weighted by Crippen LogP contribution is 2.50. The Morgan fingerprint density at radius 2 is 2.06 bits per heavy atom. The molecule has 10 heteroatoms. The average molecular weight is 485 g/mol. The van der Waals surface area contributed by atoms with E-state index in [4.69, 9.17) is 4.74 Å². The summed E-state index contributed by atoms with van der Waals surface area (Å²) in [7, 11) is 3.56. The van der Waals surface area contributed by atoms with Gasteiger partial charge >= 0.3 is 0 Å². The number of hydrogen-bond donors (Lipinski definition) is 2. The van der Waals surface area contributed by atoms with Gasteiger partial charge < -0.3 is 19.9 Å². The number of rotatable bonds is 5. The van der Waals surface area contributed by atoms with Gasteiger partial charge in [-0.15, -0.1) is 0 Å². The fourth-order valence-electron chi connectivity index (χ4n) is 5.51. The van der Waals surface area contributed by atoms with E-state index in [1.807, 2.05) is 4.90 Å². The predicted octanol–water partition coefficient (Wildman–Crippen LogP) is 2.60. The van der Waals surface area contributed by atoms with Crippen LogP contribution in [0.4, 0.5) is 4.39 Å². The minimum atomic E-state index is -0.541. The normalized spacial score (nSPS) is 25.9. The first kappa shape index (κ1) is 23.7. The number of amides is 2. The lowest BCUT2D eigenvalue weighted by atomic mass is 9.87. The molecule has 3 atom stereocenters. The van der Waals surface area contributed by atoms with Crippen LogP contribution >= 0.6 is 0 Å². The fourth-order valence-corrected chi connectivity index (χ4v) is 5.51. The number of H-pyrrole nitrogens is 1. The first-order valence-corrected chi connectivity index (χ1v) is 12.4. The van der Waals surface area contributed by atoms with Crippen molar-refractivity contribution in [3.05, 3.63) is 29.8 Å². The van der Waals surface area contributed by atoms with Crippen molar-refractivity contribution in [3.8, 4) is 17.1 Å². The maximum absolute atomic E-state index is 14.3. The molecule has 1 spiro atoms. The molecule has 1 aliphatic carbocycles. The summed E-state index contributed by atoms with van der Waals surface area (Å²) >= 11 is 0. The second kappa shape index (κ2) is 9.22. The number of hydrogen-bond acceptors (Lipinski definition) is 6. The molecule has 0 radical (unpaired) electrons. The Kier molecular flexibility index (Phi) is 6.25. The van der Waals surface area contributed by atoms with Crippen molar-refractivity contribution >= 4 is 11.8 Å². The third-order valence-electron chi connectivity index (χ3n) is 8.01. The zero-order valence-corrected chi connectivity index (χ0v) is 20.5. The molecule has 2 N–H and O–H groups in total. The molecule has 1 saturated carbocycles. The number of aromatic amines is 1. The molecule has 188 valence electrons. The van der Waals surface area contributed by atoms with Gasteiger partial charge in [-0.2, -0.15) is 5.10 Å². The van der Waals surface area contributed by atoms with Crippen molar-refractivity contribution in [1.29, 1.82) is 0 Å². The van der Waals surface area contributed by atoms with Gasteiger partial charge in [0.15, 0.2) is 5.82 Å². The largest absolute Gasteiger partial charge is 0.481 e. The van der Waals surface area contributed by atoms with Crippen molar-refractivity contribution in [2.24, 2.45) is 5.92 Å². The minimum absolute atomic E-state index is 0.0816. The van der Waals surface area contributed by atoms with Crippen LogP contribution in [0.5, 0.6) is 5.88 Å². The topological polar surface area (TPSA) is 103 Å². The summed E-state index contributed by atoms with van der Waals surface area (Å²) in [6, 6.07) is 3.76. The van der Waals surface area contributed by atoms with Gasteiger partial charge in [0.2, 0.25) is 11.8 Å². The van der Waals surface area contributed by atoms with Crippen LogP contribution in [-0.4, -0.2) is 81.7 Å². The number of carbonyl (C=O) groups is 2. The molecule has 4 heterocycles. The molecule has 9 nitrogen and oxygen atoms in total. The van der Waals surface area contributed by atoms with Gasteiger partial charge in [-0.1, -0.05) is 0 Å². The van der Waals surface area contributed by atoms with Gasteiger partial charge in [-0.05, 0) is 58.6 Å². The summed E-state index contributed by atoms with van der Waals surface area (Å²) in [4.78, 5) is 34.5. The summed E-state index contributed by atoms with van der Waals surface area (Å²) in [5.74, 6) is -0.405. The van der Waals surface area contributed by atoms with E-state index >= 15 is 0 Å². The Morgan fingerprint density at radius 1 is 1.26 bits per heavy atom. The Hall–Kier alpha value is -3.01. The zero-order valence-electron chi connectivity index (χ0n) is 20.5. The number of halogens is 1. The van der Waals surface area contributed by atoms with E-state index in [1.165, 1.54) is 13.2 Å². The third kappa shape index (κ3) is 4.63. The summed E-state index contributed by atoms with van der Waals surface area (Å²) in [6.07, 6.45) is 6.26. The van der Waals surface area contributed by atoms with Gasteiger partial charge in [-0.25, -0.2) is 9.37 Å². The van der Waals surface area contributed by atoms with Crippen LogP contribution in [0.3, 0.4) is 0 Å². The third-order valence-corrected chi connectivity index (χ3v) is 8.01. The molecular weight excluding hydrogens is 451 g/mol. The highest BCUT2D eigenvalue weighted by molar-refractivity contribution is 5.94. The smallest absolute Gasteiger partial charge is 0.272 e. The molecular formula is C25H33FN6O3. The lowest BCUT2D eigenvalue weighted by Gasteiger charge is -2.41. The minimum Gasteiger partial charge on any atom is -0.481 e. The first-order chi connectivity index (χ1) is 16.8. The van der Waals surface area contributed by atoms with E-state index in [1.54, 1.807) is 6.07 Å². The van der Waals surface area contributed by atoms with E-state index in [2.05, 4.69) is 39.4 Å². The monoisotopic (exact) mass is 484 g/mol. The van der Waals surface area contributed by atoms with Crippen molar-refractivity contribution in [1.82, 2.24) is 30.3 Å². The number of nitrogens with one attached hydrogen (secondary N) is 2. The van der Waals surface area contributed by atoms with Crippen LogP contribution < -0.4 is 10.1 Å². The number of ether oxygens (including phenoxy) is 1. The van der Waals surface area contributed by atoms with Crippen LogP contribution in [0, 0.1) is 11.7 Å². The number of pyridine rings is 1. The number of likely N-dealkylation sites (tertiary alicyclic amines) is 2. The van der Waals surface area contributed by atoms with E-state index in [9.17, 15) is 14.0 Å². The summed E-state index contributed by atoms with van der Waals surface area (Å²) in [5, 5.41) is 10.2. The van der Waals surface area contributed by atoms with Gasteiger partial charge in [-0.3, -0.25) is 14.7 Å². The lowest BCUT2D eigenvalue weighted by Crippen LogP contribution is -2.54. The molecule has 0 bridgehead atoms. The molecule has 2 aromatic heterocycles. The van der Waals surface area contributed by atoms with E-state index in [0.29, 0.717) is 36.8 Å². The van der Waals surface area contributed by atoms with Crippen LogP contribution in [0.1, 0.15) is 55.9 Å². The maximum atomic E-state index is 14.3. The van der Waals surface area contributed by atoms with Crippen molar-refractivity contribution < 1.29 is 18.7 Å². The van der Waals surface area contributed by atoms with Gasteiger partial charge in [0, 0.05) is 48.3 Å². The van der Waals surface area contributed by atoms with Crippen molar-refractivity contribution in [3.63, 3.8) is 0 Å². The number of nitrogens with zero attached hydrogens (tertiary/aromatic N) is 4. The summed E-state index contributed by atoms with van der Waals surface area (Å²) in [6.45, 7) is 3.61. The second-order valence-corrected chi connectivity index (χ2v) is 10.3. The molecule has 3 fully saturated rings. The summed E-state index contributed by atoms with van der Waals surface area (Å²) in [5.41, 5.74) is 0.568. The molecule has 2 aliphatic heterocycles. The highest BCUT2D eigenvalue weighted by atomic mass is 19.1. The number of carbonyl (C=O) groups excluding carboxylic acids is 2. The molecule has 5 rings (SSSR count).